The maximum Gasteiger partial charge on any atom is 0.228 e. The van der Waals surface area contributed by atoms with Crippen LogP contribution in [0, 0.1) is 6.92 Å². The molecule has 0 fully saturated rings. The topological polar surface area (TPSA) is 132 Å². The molecule has 30 heavy (non-hydrogen) atoms. The molecule has 2 aromatic heterocycles. The van der Waals surface area contributed by atoms with E-state index >= 15 is 0 Å². The van der Waals surface area contributed by atoms with Crippen molar-refractivity contribution < 1.29 is 9.59 Å². The number of aromatic nitrogens is 3. The summed E-state index contributed by atoms with van der Waals surface area (Å²) in [4.78, 5) is 30.6. The predicted octanol–water partition coefficient (Wildman–Crippen LogP) is 1.41. The summed E-state index contributed by atoms with van der Waals surface area (Å²) < 4.78 is 1.83. The fourth-order valence-corrected chi connectivity index (χ4v) is 3.34. The molecule has 0 bridgehead atoms. The van der Waals surface area contributed by atoms with Gasteiger partial charge >= 0.3 is 0 Å². The van der Waals surface area contributed by atoms with E-state index in [1.54, 1.807) is 36.4 Å². The van der Waals surface area contributed by atoms with E-state index in [9.17, 15) is 9.59 Å². The summed E-state index contributed by atoms with van der Waals surface area (Å²) in [5, 5.41) is 6.99. The number of rotatable bonds is 6. The van der Waals surface area contributed by atoms with Gasteiger partial charge in [-0.05, 0) is 44.1 Å². The zero-order valence-corrected chi connectivity index (χ0v) is 17.3. The van der Waals surface area contributed by atoms with E-state index in [2.05, 4.69) is 15.4 Å². The molecule has 3 heterocycles. The molecule has 0 spiro atoms. The van der Waals surface area contributed by atoms with Gasteiger partial charge in [0.1, 0.15) is 11.6 Å². The normalized spacial score (nSPS) is 14.7. The SMILES string of the molecule is CC(/C=C(\N)NC(=O)CCC(=O)N1CCCn2nc(C)cc21)=C(/N)c1cccnc1. The molecule has 2 amide bonds. The van der Waals surface area contributed by atoms with Crippen LogP contribution in [-0.4, -0.2) is 33.1 Å². The molecule has 158 valence electrons. The molecule has 1 aliphatic rings. The second kappa shape index (κ2) is 9.25. The number of hydrogen-bond donors (Lipinski definition) is 3. The second-order valence-electron chi connectivity index (χ2n) is 7.25. The zero-order chi connectivity index (χ0) is 21.7. The van der Waals surface area contributed by atoms with Gasteiger partial charge in [-0.15, -0.1) is 0 Å². The fourth-order valence-electron chi connectivity index (χ4n) is 3.34. The molecule has 9 nitrogen and oxygen atoms in total. The van der Waals surface area contributed by atoms with Crippen molar-refractivity contribution in [3.8, 4) is 0 Å². The molecule has 0 aliphatic carbocycles. The van der Waals surface area contributed by atoms with Gasteiger partial charge in [0.2, 0.25) is 11.8 Å². The number of fused-ring (bicyclic) bond motifs is 1. The summed E-state index contributed by atoms with van der Waals surface area (Å²) in [6.45, 7) is 5.12. The first kappa shape index (κ1) is 21.1. The third kappa shape index (κ3) is 5.05. The minimum atomic E-state index is -0.327. The summed E-state index contributed by atoms with van der Waals surface area (Å²) in [7, 11) is 0. The molecular formula is C21H27N7O2. The molecular weight excluding hydrogens is 382 g/mol. The summed E-state index contributed by atoms with van der Waals surface area (Å²) >= 11 is 0. The van der Waals surface area contributed by atoms with E-state index in [1.807, 2.05) is 23.7 Å². The number of nitrogens with zero attached hydrogens (tertiary/aromatic N) is 4. The highest BCUT2D eigenvalue weighted by molar-refractivity contribution is 5.95. The van der Waals surface area contributed by atoms with Crippen LogP contribution >= 0.6 is 0 Å². The smallest absolute Gasteiger partial charge is 0.228 e. The maximum absolute atomic E-state index is 12.6. The molecule has 2 aromatic rings. The van der Waals surface area contributed by atoms with Crippen molar-refractivity contribution in [3.05, 3.63) is 59.3 Å². The highest BCUT2D eigenvalue weighted by Gasteiger charge is 2.24. The molecule has 0 aromatic carbocycles. The van der Waals surface area contributed by atoms with Gasteiger partial charge in [-0.25, -0.2) is 4.68 Å². The van der Waals surface area contributed by atoms with E-state index in [1.165, 1.54) is 0 Å². The van der Waals surface area contributed by atoms with E-state index in [0.717, 1.165) is 30.0 Å². The third-order valence-electron chi connectivity index (χ3n) is 4.83. The molecule has 0 saturated carbocycles. The third-order valence-corrected chi connectivity index (χ3v) is 4.83. The summed E-state index contributed by atoms with van der Waals surface area (Å²) in [6, 6.07) is 5.52. The number of anilines is 1. The first-order chi connectivity index (χ1) is 14.3. The van der Waals surface area contributed by atoms with Crippen molar-refractivity contribution in [1.82, 2.24) is 20.1 Å². The Hall–Kier alpha value is -3.62. The summed E-state index contributed by atoms with van der Waals surface area (Å²) in [5.74, 6) is 0.524. The zero-order valence-electron chi connectivity index (χ0n) is 17.3. The lowest BCUT2D eigenvalue weighted by molar-refractivity contribution is -0.124. The van der Waals surface area contributed by atoms with Crippen LogP contribution in [0.3, 0.4) is 0 Å². The number of amides is 2. The van der Waals surface area contributed by atoms with E-state index in [4.69, 9.17) is 11.5 Å². The monoisotopic (exact) mass is 409 g/mol. The van der Waals surface area contributed by atoms with Crippen LogP contribution in [0.15, 0.2) is 48.1 Å². The van der Waals surface area contributed by atoms with Gasteiger partial charge in [-0.3, -0.25) is 19.5 Å². The van der Waals surface area contributed by atoms with Crippen LogP contribution in [-0.2, 0) is 16.1 Å². The Balaban J connectivity index is 1.55. The number of hydrogen-bond acceptors (Lipinski definition) is 6. The number of carbonyl (C=O) groups is 2. The largest absolute Gasteiger partial charge is 0.398 e. The first-order valence-corrected chi connectivity index (χ1v) is 9.83. The Kier molecular flexibility index (Phi) is 6.51. The van der Waals surface area contributed by atoms with Crippen LogP contribution in [0.5, 0.6) is 0 Å². The van der Waals surface area contributed by atoms with E-state index in [-0.39, 0.29) is 30.5 Å². The molecule has 9 heteroatoms. The lowest BCUT2D eigenvalue weighted by Crippen LogP contribution is -2.38. The average molecular weight is 409 g/mol. The van der Waals surface area contributed by atoms with Gasteiger partial charge in [0.25, 0.3) is 0 Å². The minimum absolute atomic E-state index is 0.0395. The summed E-state index contributed by atoms with van der Waals surface area (Å²) in [6.07, 6.45) is 5.88. The molecule has 3 rings (SSSR count). The Morgan fingerprint density at radius 3 is 2.80 bits per heavy atom. The Labute approximate surface area is 175 Å². The molecule has 5 N–H and O–H groups in total. The molecule has 1 aliphatic heterocycles. The van der Waals surface area contributed by atoms with Crippen LogP contribution < -0.4 is 21.7 Å². The number of pyridine rings is 1. The van der Waals surface area contributed by atoms with Crippen LogP contribution in [0.25, 0.3) is 5.70 Å². The average Bonchev–Trinajstić information content (AvgIpc) is 3.12. The van der Waals surface area contributed by atoms with Crippen molar-refractivity contribution in [2.24, 2.45) is 11.5 Å². The van der Waals surface area contributed by atoms with Crippen molar-refractivity contribution in [3.63, 3.8) is 0 Å². The number of allylic oxidation sites excluding steroid dienone is 2. The van der Waals surface area contributed by atoms with E-state index in [0.29, 0.717) is 17.8 Å². The van der Waals surface area contributed by atoms with Gasteiger partial charge in [0.15, 0.2) is 0 Å². The summed E-state index contributed by atoms with van der Waals surface area (Å²) in [5.41, 5.74) is 14.9. The van der Waals surface area contributed by atoms with Gasteiger partial charge < -0.3 is 16.8 Å². The molecule has 0 unspecified atom stereocenters. The number of carbonyl (C=O) groups excluding carboxylic acids is 2. The molecule has 0 saturated heterocycles. The van der Waals surface area contributed by atoms with Crippen LogP contribution in [0.2, 0.25) is 0 Å². The quantitative estimate of drug-likeness (QED) is 0.618. The Bertz CT molecular complexity index is 992. The Morgan fingerprint density at radius 1 is 1.27 bits per heavy atom. The number of aryl methyl sites for hydroxylation is 2. The van der Waals surface area contributed by atoms with Crippen molar-refractivity contribution >= 4 is 23.3 Å². The first-order valence-electron chi connectivity index (χ1n) is 9.83. The Morgan fingerprint density at radius 2 is 2.07 bits per heavy atom. The highest BCUT2D eigenvalue weighted by Crippen LogP contribution is 2.22. The van der Waals surface area contributed by atoms with Crippen molar-refractivity contribution in [2.75, 3.05) is 11.4 Å². The number of nitrogens with two attached hydrogens (primary N) is 2. The molecule has 0 radical (unpaired) electrons. The second-order valence-corrected chi connectivity index (χ2v) is 7.25. The van der Waals surface area contributed by atoms with Crippen molar-refractivity contribution in [1.29, 1.82) is 0 Å². The standard InChI is InChI=1S/C21H27N7O2/c1-14(21(23)16-5-3-8-24-13-16)11-17(22)25-18(29)6-7-20(30)27-9-4-10-28-19(27)12-15(2)26-28/h3,5,8,11-13H,4,6-7,9-10,22-23H2,1-2H3,(H,25,29)/b17-11+,21-14-. The predicted molar refractivity (Wildman–Crippen MR) is 115 cm³/mol. The van der Waals surface area contributed by atoms with Gasteiger partial charge in [0.05, 0.1) is 5.69 Å². The van der Waals surface area contributed by atoms with Crippen LogP contribution in [0.4, 0.5) is 5.82 Å². The lowest BCUT2D eigenvalue weighted by atomic mass is 10.1. The minimum Gasteiger partial charge on any atom is -0.398 e. The van der Waals surface area contributed by atoms with Crippen molar-refractivity contribution in [2.45, 2.75) is 39.7 Å². The van der Waals surface area contributed by atoms with Gasteiger partial charge in [0, 0.05) is 55.7 Å². The van der Waals surface area contributed by atoms with Gasteiger partial charge in [-0.2, -0.15) is 5.10 Å². The van der Waals surface area contributed by atoms with Gasteiger partial charge in [-0.1, -0.05) is 0 Å². The molecule has 0 atom stereocenters. The van der Waals surface area contributed by atoms with E-state index < -0.39 is 0 Å². The maximum atomic E-state index is 12.6. The fraction of sp³-hybridized carbons (Fsp3) is 0.333. The van der Waals surface area contributed by atoms with Crippen LogP contribution in [0.1, 0.15) is 37.4 Å². The lowest BCUT2D eigenvalue weighted by Gasteiger charge is -2.27. The highest BCUT2D eigenvalue weighted by atomic mass is 16.2. The number of nitrogens with one attached hydrogen (secondary N) is 1.